The van der Waals surface area contributed by atoms with Gasteiger partial charge in [0.25, 0.3) is 0 Å². The van der Waals surface area contributed by atoms with E-state index in [-0.39, 0.29) is 17.8 Å². The van der Waals surface area contributed by atoms with Gasteiger partial charge in [-0.15, -0.1) is 0 Å². The van der Waals surface area contributed by atoms with Gasteiger partial charge >= 0.3 is 0 Å². The first kappa shape index (κ1) is 22.8. The number of carbonyl (C=O) groups is 1. The normalized spacial score (nSPS) is 21.3. The Balaban J connectivity index is 1.39. The van der Waals surface area contributed by atoms with Crippen LogP contribution in [0.3, 0.4) is 0 Å². The third-order valence-electron chi connectivity index (χ3n) is 7.77. The monoisotopic (exact) mass is 460 g/mol. The summed E-state index contributed by atoms with van der Waals surface area (Å²) < 4.78 is 16.8. The zero-order chi connectivity index (χ0) is 23.7. The SMILES string of the molecule is Cn1cc(-c2ccc(CN(C=O)c3ccccc3C3(C)CCN(C4CCCC4)C3)c(F)c2)cn1. The van der Waals surface area contributed by atoms with Crippen molar-refractivity contribution in [2.45, 2.75) is 57.0 Å². The summed E-state index contributed by atoms with van der Waals surface area (Å²) in [5.74, 6) is -0.315. The van der Waals surface area contributed by atoms with Gasteiger partial charge in [-0.05, 0) is 49.1 Å². The van der Waals surface area contributed by atoms with Gasteiger partial charge in [0.15, 0.2) is 0 Å². The lowest BCUT2D eigenvalue weighted by atomic mass is 9.80. The number of benzene rings is 2. The Bertz CT molecular complexity index is 1170. The minimum absolute atomic E-state index is 0.0246. The van der Waals surface area contributed by atoms with Crippen molar-refractivity contribution in [1.29, 1.82) is 0 Å². The third kappa shape index (κ3) is 4.39. The van der Waals surface area contributed by atoms with Crippen LogP contribution in [0.25, 0.3) is 11.1 Å². The predicted octanol–water partition coefficient (Wildman–Crippen LogP) is 5.30. The summed E-state index contributed by atoms with van der Waals surface area (Å²) >= 11 is 0. The Hall–Kier alpha value is -2.99. The second-order valence-corrected chi connectivity index (χ2v) is 10.2. The summed E-state index contributed by atoms with van der Waals surface area (Å²) in [5.41, 5.74) is 4.17. The average molecular weight is 461 g/mol. The Labute approximate surface area is 201 Å². The van der Waals surface area contributed by atoms with E-state index in [9.17, 15) is 4.79 Å². The fourth-order valence-electron chi connectivity index (χ4n) is 5.82. The van der Waals surface area contributed by atoms with Crippen molar-refractivity contribution >= 4 is 12.1 Å². The van der Waals surface area contributed by atoms with E-state index in [1.165, 1.54) is 37.3 Å². The minimum atomic E-state index is -0.315. The molecule has 2 heterocycles. The molecule has 1 aliphatic carbocycles. The van der Waals surface area contributed by atoms with Crippen molar-refractivity contribution in [1.82, 2.24) is 14.7 Å². The van der Waals surface area contributed by atoms with Crippen LogP contribution in [0.15, 0.2) is 54.9 Å². The maximum atomic E-state index is 15.1. The Morgan fingerprint density at radius 2 is 1.97 bits per heavy atom. The number of aromatic nitrogens is 2. The van der Waals surface area contributed by atoms with E-state index in [1.807, 2.05) is 31.4 Å². The molecule has 3 aromatic rings. The maximum Gasteiger partial charge on any atom is 0.214 e. The Morgan fingerprint density at radius 3 is 2.68 bits per heavy atom. The van der Waals surface area contributed by atoms with E-state index in [0.717, 1.165) is 42.7 Å². The topological polar surface area (TPSA) is 41.4 Å². The lowest BCUT2D eigenvalue weighted by molar-refractivity contribution is -0.107. The number of aryl methyl sites for hydroxylation is 1. The number of hydrogen-bond donors (Lipinski definition) is 0. The number of para-hydroxylation sites is 1. The first-order chi connectivity index (χ1) is 16.5. The molecule has 1 aliphatic heterocycles. The van der Waals surface area contributed by atoms with Gasteiger partial charge in [-0.25, -0.2) is 4.39 Å². The first-order valence-corrected chi connectivity index (χ1v) is 12.3. The molecule has 2 fully saturated rings. The zero-order valence-electron chi connectivity index (χ0n) is 20.1. The van der Waals surface area contributed by atoms with Crippen molar-refractivity contribution in [3.8, 4) is 11.1 Å². The highest BCUT2D eigenvalue weighted by Gasteiger charge is 2.40. The van der Waals surface area contributed by atoms with Crippen molar-refractivity contribution in [3.05, 3.63) is 71.8 Å². The highest BCUT2D eigenvalue weighted by atomic mass is 19.1. The van der Waals surface area contributed by atoms with Crippen molar-refractivity contribution < 1.29 is 9.18 Å². The maximum absolute atomic E-state index is 15.1. The number of likely N-dealkylation sites (tertiary alicyclic amines) is 1. The van der Waals surface area contributed by atoms with Crippen LogP contribution in [-0.4, -0.2) is 40.2 Å². The van der Waals surface area contributed by atoms with E-state index in [2.05, 4.69) is 29.1 Å². The zero-order valence-corrected chi connectivity index (χ0v) is 20.1. The Morgan fingerprint density at radius 1 is 1.18 bits per heavy atom. The van der Waals surface area contributed by atoms with Crippen molar-refractivity contribution in [2.75, 3.05) is 18.0 Å². The van der Waals surface area contributed by atoms with Gasteiger partial charge in [-0.3, -0.25) is 14.4 Å². The average Bonchev–Trinajstić information content (AvgIpc) is 3.60. The van der Waals surface area contributed by atoms with Gasteiger partial charge in [0.05, 0.1) is 12.7 Å². The first-order valence-electron chi connectivity index (χ1n) is 12.3. The molecule has 1 amide bonds. The number of amides is 1. The molecule has 0 radical (unpaired) electrons. The van der Waals surface area contributed by atoms with Crippen molar-refractivity contribution in [2.24, 2.45) is 7.05 Å². The summed E-state index contributed by atoms with van der Waals surface area (Å²) in [6.07, 6.45) is 10.7. The van der Waals surface area contributed by atoms with Crippen LogP contribution in [0, 0.1) is 5.82 Å². The predicted molar refractivity (Wildman–Crippen MR) is 133 cm³/mol. The largest absolute Gasteiger partial charge is 0.310 e. The van der Waals surface area contributed by atoms with Crippen LogP contribution in [-0.2, 0) is 23.8 Å². The van der Waals surface area contributed by atoms with Gasteiger partial charge in [0.1, 0.15) is 5.82 Å². The Kier molecular flexibility index (Phi) is 6.26. The number of hydrogen-bond acceptors (Lipinski definition) is 3. The summed E-state index contributed by atoms with van der Waals surface area (Å²) in [4.78, 5) is 16.5. The van der Waals surface area contributed by atoms with Crippen LogP contribution < -0.4 is 4.90 Å². The van der Waals surface area contributed by atoms with Crippen LogP contribution >= 0.6 is 0 Å². The lowest BCUT2D eigenvalue weighted by Gasteiger charge is -2.32. The summed E-state index contributed by atoms with van der Waals surface area (Å²) in [6, 6.07) is 14.0. The number of carbonyl (C=O) groups excluding carboxylic acids is 1. The number of rotatable bonds is 7. The molecule has 2 aromatic carbocycles. The molecule has 1 unspecified atom stereocenters. The molecule has 0 N–H and O–H groups in total. The fourth-order valence-corrected chi connectivity index (χ4v) is 5.82. The number of halogens is 1. The highest BCUT2D eigenvalue weighted by molar-refractivity contribution is 5.78. The van der Waals surface area contributed by atoms with E-state index < -0.39 is 0 Å². The van der Waals surface area contributed by atoms with Crippen LogP contribution in [0.2, 0.25) is 0 Å². The molecule has 2 aliphatic rings. The van der Waals surface area contributed by atoms with Gasteiger partial charge < -0.3 is 4.90 Å². The number of anilines is 1. The second kappa shape index (κ2) is 9.34. The van der Waals surface area contributed by atoms with E-state index in [1.54, 1.807) is 21.8 Å². The lowest BCUT2D eigenvalue weighted by Crippen LogP contribution is -2.35. The molecule has 1 saturated heterocycles. The molecule has 5 rings (SSSR count). The molecule has 34 heavy (non-hydrogen) atoms. The van der Waals surface area contributed by atoms with Crippen LogP contribution in [0.4, 0.5) is 10.1 Å². The molecule has 1 aromatic heterocycles. The molecule has 6 heteroatoms. The highest BCUT2D eigenvalue weighted by Crippen LogP contribution is 2.42. The van der Waals surface area contributed by atoms with Gasteiger partial charge in [-0.2, -0.15) is 5.10 Å². The standard InChI is InChI=1S/C28H33FN4O/c1-28(13-14-32(19-28)24-7-3-4-8-24)25-9-5-6-10-27(25)33(20-34)18-22-12-11-21(15-26(22)29)23-16-30-31(2)17-23/h5-6,9-12,15-17,20,24H,3-4,7-8,13-14,18-19H2,1-2H3. The molecular formula is C28H33FN4O. The number of nitrogens with zero attached hydrogens (tertiary/aromatic N) is 4. The molecule has 5 nitrogen and oxygen atoms in total. The smallest absolute Gasteiger partial charge is 0.214 e. The summed E-state index contributed by atoms with van der Waals surface area (Å²) in [7, 11) is 1.84. The van der Waals surface area contributed by atoms with Gasteiger partial charge in [0, 0.05) is 48.1 Å². The molecule has 1 atom stereocenters. The molecule has 0 bridgehead atoms. The quantitative estimate of drug-likeness (QED) is 0.450. The van der Waals surface area contributed by atoms with E-state index in [0.29, 0.717) is 11.6 Å². The van der Waals surface area contributed by atoms with Gasteiger partial charge in [-0.1, -0.05) is 50.1 Å². The van der Waals surface area contributed by atoms with Crippen LogP contribution in [0.5, 0.6) is 0 Å². The minimum Gasteiger partial charge on any atom is -0.310 e. The van der Waals surface area contributed by atoms with E-state index in [4.69, 9.17) is 0 Å². The van der Waals surface area contributed by atoms with Gasteiger partial charge in [0.2, 0.25) is 6.41 Å². The molecule has 178 valence electrons. The molecule has 1 saturated carbocycles. The fraction of sp³-hybridized carbons (Fsp3) is 0.429. The molecular weight excluding hydrogens is 427 g/mol. The third-order valence-corrected chi connectivity index (χ3v) is 7.77. The van der Waals surface area contributed by atoms with Crippen molar-refractivity contribution in [3.63, 3.8) is 0 Å². The van der Waals surface area contributed by atoms with Crippen LogP contribution in [0.1, 0.15) is 50.2 Å². The summed E-state index contributed by atoms with van der Waals surface area (Å²) in [6.45, 7) is 4.62. The molecule has 0 spiro atoms. The second-order valence-electron chi connectivity index (χ2n) is 10.2. The van der Waals surface area contributed by atoms with E-state index >= 15 is 4.39 Å². The summed E-state index contributed by atoms with van der Waals surface area (Å²) in [5, 5.41) is 4.17.